The Balaban J connectivity index is 1.85. The summed E-state index contributed by atoms with van der Waals surface area (Å²) < 4.78 is 21.5. The number of carbonyl (C=O) groups excluding carboxylic acids is 2. The van der Waals surface area contributed by atoms with E-state index in [1.807, 2.05) is 0 Å². The van der Waals surface area contributed by atoms with Crippen molar-refractivity contribution in [1.29, 1.82) is 0 Å². The fraction of sp³-hybridized carbons (Fsp3) is 0.226. The summed E-state index contributed by atoms with van der Waals surface area (Å²) in [5.41, 5.74) is 1.71. The van der Waals surface area contributed by atoms with E-state index in [4.69, 9.17) is 42.1 Å². The number of allylic oxidation sites excluding steroid dienone is 2. The molecule has 0 unspecified atom stereocenters. The van der Waals surface area contributed by atoms with Gasteiger partial charge in [0.05, 0.1) is 54.8 Å². The minimum Gasteiger partial charge on any atom is -0.495 e. The Bertz CT molecular complexity index is 1660. The van der Waals surface area contributed by atoms with Crippen LogP contribution in [0.2, 0.25) is 10.0 Å². The zero-order chi connectivity index (χ0) is 33.0. The summed E-state index contributed by atoms with van der Waals surface area (Å²) >= 11 is 12.5. The summed E-state index contributed by atoms with van der Waals surface area (Å²) in [4.78, 5) is 39.4. The van der Waals surface area contributed by atoms with E-state index in [0.29, 0.717) is 28.5 Å². The maximum atomic E-state index is 14.1. The number of hydrogen-bond acceptors (Lipinski definition) is 9. The summed E-state index contributed by atoms with van der Waals surface area (Å²) in [7, 11) is 5.69. The minimum atomic E-state index is -1.05. The van der Waals surface area contributed by atoms with Crippen LogP contribution in [0.3, 0.4) is 0 Å². The number of halogens is 2. The molecular weight excluding hydrogens is 627 g/mol. The highest BCUT2D eigenvalue weighted by molar-refractivity contribution is 6.32. The zero-order valence-electron chi connectivity index (χ0n) is 25.2. The van der Waals surface area contributed by atoms with Crippen molar-refractivity contribution < 1.29 is 33.5 Å². The van der Waals surface area contributed by atoms with Crippen LogP contribution in [-0.4, -0.2) is 45.2 Å². The number of rotatable bonds is 10. The first-order valence-electron chi connectivity index (χ1n) is 13.3. The molecule has 0 radical (unpaired) electrons. The number of methoxy groups -OCH3 is 4. The second-order valence-corrected chi connectivity index (χ2v) is 10.6. The number of nitro groups is 1. The van der Waals surface area contributed by atoms with Crippen LogP contribution in [0.5, 0.6) is 23.0 Å². The molecule has 1 aliphatic rings. The molecule has 4 rings (SSSR count). The largest absolute Gasteiger partial charge is 0.495 e. The topological polar surface area (TPSA) is 150 Å². The van der Waals surface area contributed by atoms with Crippen molar-refractivity contribution in [3.8, 4) is 23.0 Å². The van der Waals surface area contributed by atoms with Crippen molar-refractivity contribution in [2.75, 3.05) is 39.1 Å². The first-order valence-corrected chi connectivity index (χ1v) is 14.1. The van der Waals surface area contributed by atoms with Crippen LogP contribution >= 0.6 is 23.2 Å². The van der Waals surface area contributed by atoms with Crippen molar-refractivity contribution in [3.63, 3.8) is 0 Å². The molecule has 2 amide bonds. The molecular formula is C31H30Cl2N4O8. The molecule has 1 aliphatic heterocycles. The van der Waals surface area contributed by atoms with Crippen molar-refractivity contribution in [3.05, 3.63) is 96.8 Å². The van der Waals surface area contributed by atoms with Crippen molar-refractivity contribution in [2.24, 2.45) is 0 Å². The first kappa shape index (κ1) is 33.0. The van der Waals surface area contributed by atoms with E-state index < -0.39 is 22.7 Å². The number of nitrogens with one attached hydrogen (secondary N) is 3. The highest BCUT2D eigenvalue weighted by Crippen LogP contribution is 2.43. The number of non-ortho nitro benzene ring substituents is 1. The molecule has 1 heterocycles. The van der Waals surface area contributed by atoms with Crippen LogP contribution in [0.25, 0.3) is 0 Å². The van der Waals surface area contributed by atoms with Gasteiger partial charge in [0, 0.05) is 64.9 Å². The van der Waals surface area contributed by atoms with Crippen LogP contribution in [0.15, 0.2) is 71.1 Å². The third-order valence-electron chi connectivity index (χ3n) is 7.11. The van der Waals surface area contributed by atoms with E-state index in [1.165, 1.54) is 70.9 Å². The van der Waals surface area contributed by atoms with Crippen LogP contribution in [-0.2, 0) is 9.59 Å². The Morgan fingerprint density at radius 1 is 0.756 bits per heavy atom. The molecule has 0 fully saturated rings. The van der Waals surface area contributed by atoms with Crippen molar-refractivity contribution >= 4 is 52.1 Å². The third kappa shape index (κ3) is 6.76. The number of benzene rings is 3. The summed E-state index contributed by atoms with van der Waals surface area (Å²) in [6.07, 6.45) is 0. The number of ether oxygens (including phenoxy) is 4. The van der Waals surface area contributed by atoms with Gasteiger partial charge in [-0.1, -0.05) is 35.3 Å². The lowest BCUT2D eigenvalue weighted by Crippen LogP contribution is -2.35. The first-order chi connectivity index (χ1) is 21.4. The molecule has 0 aliphatic carbocycles. The number of hydrogen-bond donors (Lipinski definition) is 3. The minimum absolute atomic E-state index is 0.128. The van der Waals surface area contributed by atoms with Crippen molar-refractivity contribution in [2.45, 2.75) is 19.8 Å². The lowest BCUT2D eigenvalue weighted by Gasteiger charge is -2.31. The Morgan fingerprint density at radius 2 is 1.20 bits per heavy atom. The SMILES string of the molecule is COc1cc(NC(=O)C2=C(C)NC(C)=C(C(=O)Nc3cc(OC)c(Cl)cc3OC)C2c2cccc([N+](=O)[O-])c2)c(OC)cc1Cl. The molecule has 14 heteroatoms. The van der Waals surface area contributed by atoms with Crippen molar-refractivity contribution in [1.82, 2.24) is 5.32 Å². The number of carbonyl (C=O) groups is 2. The van der Waals surface area contributed by atoms with Crippen LogP contribution in [0.4, 0.5) is 17.1 Å². The molecule has 0 saturated heterocycles. The molecule has 3 aromatic carbocycles. The molecule has 3 N–H and O–H groups in total. The van der Waals surface area contributed by atoms with Gasteiger partial charge in [-0.15, -0.1) is 0 Å². The van der Waals surface area contributed by atoms with Gasteiger partial charge in [0.1, 0.15) is 23.0 Å². The van der Waals surface area contributed by atoms with E-state index in [1.54, 1.807) is 19.9 Å². The molecule has 236 valence electrons. The quantitative estimate of drug-likeness (QED) is 0.165. The highest BCUT2D eigenvalue weighted by atomic mass is 35.5. The monoisotopic (exact) mass is 656 g/mol. The number of dihydropyridines is 1. The molecule has 12 nitrogen and oxygen atoms in total. The maximum absolute atomic E-state index is 14.1. The zero-order valence-corrected chi connectivity index (χ0v) is 26.7. The summed E-state index contributed by atoms with van der Waals surface area (Å²) in [6.45, 7) is 3.34. The van der Waals surface area contributed by atoms with E-state index in [-0.39, 0.29) is 49.8 Å². The third-order valence-corrected chi connectivity index (χ3v) is 7.70. The Morgan fingerprint density at radius 3 is 1.60 bits per heavy atom. The lowest BCUT2D eigenvalue weighted by molar-refractivity contribution is -0.384. The summed E-state index contributed by atoms with van der Waals surface area (Å²) in [5, 5.41) is 21.0. The Labute approximate surface area is 269 Å². The molecule has 45 heavy (non-hydrogen) atoms. The molecule has 0 bridgehead atoms. The van der Waals surface area contributed by atoms with Gasteiger partial charge in [-0.05, 0) is 19.4 Å². The fourth-order valence-electron chi connectivity index (χ4n) is 5.04. The fourth-order valence-corrected chi connectivity index (χ4v) is 5.50. The van der Waals surface area contributed by atoms with Gasteiger partial charge in [0.2, 0.25) is 0 Å². The van der Waals surface area contributed by atoms with Gasteiger partial charge in [0.15, 0.2) is 0 Å². The average molecular weight is 658 g/mol. The number of anilines is 2. The van der Waals surface area contributed by atoms with Gasteiger partial charge in [-0.25, -0.2) is 0 Å². The van der Waals surface area contributed by atoms with E-state index in [0.717, 1.165) is 0 Å². The summed E-state index contributed by atoms with van der Waals surface area (Å²) in [5.74, 6) is -1.16. The van der Waals surface area contributed by atoms with Crippen LogP contribution < -0.4 is 34.9 Å². The van der Waals surface area contributed by atoms with Crippen LogP contribution in [0.1, 0.15) is 25.3 Å². The van der Waals surface area contributed by atoms with E-state index in [9.17, 15) is 19.7 Å². The maximum Gasteiger partial charge on any atom is 0.269 e. The average Bonchev–Trinajstić information content (AvgIpc) is 3.01. The number of nitrogens with zero attached hydrogens (tertiary/aromatic N) is 1. The second-order valence-electron chi connectivity index (χ2n) is 9.77. The normalized spacial score (nSPS) is 13.2. The highest BCUT2D eigenvalue weighted by Gasteiger charge is 2.37. The lowest BCUT2D eigenvalue weighted by atomic mass is 9.79. The van der Waals surface area contributed by atoms with Gasteiger partial charge >= 0.3 is 0 Å². The van der Waals surface area contributed by atoms with Gasteiger partial charge in [-0.3, -0.25) is 19.7 Å². The molecule has 0 spiro atoms. The number of amides is 2. The Kier molecular flexibility index (Phi) is 10.1. The standard InChI is InChI=1S/C31H30Cl2N4O8/c1-15-27(30(38)35-21-13-23(42-3)19(32)11-25(21)44-5)29(17-8-7-9-18(10-17)37(40)41)28(16(2)34-15)31(39)36-22-14-24(43-4)20(33)12-26(22)45-6/h7-14,29,34H,1-6H3,(H,35,38)(H,36,39). The second kappa shape index (κ2) is 13.8. The van der Waals surface area contributed by atoms with Crippen LogP contribution in [0, 0.1) is 10.1 Å². The van der Waals surface area contributed by atoms with E-state index >= 15 is 0 Å². The van der Waals surface area contributed by atoms with Gasteiger partial charge < -0.3 is 34.9 Å². The smallest absolute Gasteiger partial charge is 0.269 e. The molecule has 3 aromatic rings. The molecule has 0 saturated carbocycles. The Hall–Kier alpha value is -4.94. The number of nitro benzene ring substituents is 1. The summed E-state index contributed by atoms with van der Waals surface area (Å²) in [6, 6.07) is 11.7. The molecule has 0 aromatic heterocycles. The van der Waals surface area contributed by atoms with Gasteiger partial charge in [-0.2, -0.15) is 0 Å². The predicted molar refractivity (Wildman–Crippen MR) is 171 cm³/mol. The molecule has 0 atom stereocenters. The van der Waals surface area contributed by atoms with E-state index in [2.05, 4.69) is 16.0 Å². The predicted octanol–water partition coefficient (Wildman–Crippen LogP) is 6.45. The van der Waals surface area contributed by atoms with Gasteiger partial charge in [0.25, 0.3) is 17.5 Å².